The quantitative estimate of drug-likeness (QED) is 0.181. The number of aliphatic hydroxyl groups excluding tert-OH is 6. The number of aliphatic hydroxyl groups is 6. The Labute approximate surface area is 207 Å². The normalized spacial score (nSPS) is 37.2. The number of ketones is 1. The number of hydrogen-bond donors (Lipinski definition) is 8. The minimum Gasteiger partial charge on any atom is -0.507 e. The van der Waals surface area contributed by atoms with Gasteiger partial charge in [0.25, 0.3) is 0 Å². The van der Waals surface area contributed by atoms with E-state index in [0.29, 0.717) is 0 Å². The van der Waals surface area contributed by atoms with Crippen molar-refractivity contribution in [1.29, 1.82) is 0 Å². The summed E-state index contributed by atoms with van der Waals surface area (Å²) < 4.78 is 21.7. The molecular formula is C23H34O13. The lowest BCUT2D eigenvalue weighted by atomic mass is 9.98. The molecule has 2 heterocycles. The van der Waals surface area contributed by atoms with Gasteiger partial charge in [-0.05, 0) is 12.8 Å². The van der Waals surface area contributed by atoms with Gasteiger partial charge in [0.05, 0.1) is 12.7 Å². The zero-order chi connectivity index (χ0) is 26.9. The molecule has 1 aromatic rings. The Morgan fingerprint density at radius 3 is 2.00 bits per heavy atom. The number of aromatic hydroxyl groups is 2. The minimum absolute atomic E-state index is 0.0123. The summed E-state index contributed by atoms with van der Waals surface area (Å²) in [7, 11) is 0. The van der Waals surface area contributed by atoms with E-state index >= 15 is 0 Å². The summed E-state index contributed by atoms with van der Waals surface area (Å²) in [6, 6.07) is 2.07. The van der Waals surface area contributed by atoms with Crippen LogP contribution >= 0.6 is 0 Å². The van der Waals surface area contributed by atoms with Gasteiger partial charge in [-0.1, -0.05) is 13.8 Å². The summed E-state index contributed by atoms with van der Waals surface area (Å²) in [5.41, 5.74) is -0.282. The SMILES string of the molecule is CC(C)CC(=O)c1c(O)cc(O[C@@H]2O[C@H](CO[C@@H]3O[C@@H](C)[C@H](O)[C@@H](O)[C@H]3O)[C@@H](O)[C@H](O)[C@H]2O)cc1O. The number of Topliss-reactive ketones (excluding diaryl/α,β-unsaturated/α-hetero) is 1. The van der Waals surface area contributed by atoms with E-state index in [2.05, 4.69) is 0 Å². The fourth-order valence-corrected chi connectivity index (χ4v) is 4.04. The van der Waals surface area contributed by atoms with Gasteiger partial charge >= 0.3 is 0 Å². The van der Waals surface area contributed by atoms with E-state index in [1.807, 2.05) is 0 Å². The number of rotatable bonds is 8. The number of phenolic OH excluding ortho intramolecular Hbond substituents is 2. The van der Waals surface area contributed by atoms with Crippen LogP contribution in [-0.2, 0) is 14.2 Å². The molecule has 2 saturated heterocycles. The molecule has 0 spiro atoms. The zero-order valence-electron chi connectivity index (χ0n) is 20.0. The molecule has 0 saturated carbocycles. The smallest absolute Gasteiger partial charge is 0.229 e. The van der Waals surface area contributed by atoms with Crippen LogP contribution in [0.15, 0.2) is 12.1 Å². The number of benzene rings is 1. The van der Waals surface area contributed by atoms with Crippen LogP contribution in [0.4, 0.5) is 0 Å². The van der Waals surface area contributed by atoms with Crippen molar-refractivity contribution in [1.82, 2.24) is 0 Å². The number of carbonyl (C=O) groups excluding carboxylic acids is 1. The van der Waals surface area contributed by atoms with Crippen LogP contribution in [0.3, 0.4) is 0 Å². The molecule has 2 aliphatic rings. The summed E-state index contributed by atoms with van der Waals surface area (Å²) in [5.74, 6) is -1.80. The maximum atomic E-state index is 12.3. The molecule has 8 N–H and O–H groups in total. The Hall–Kier alpha value is -2.07. The van der Waals surface area contributed by atoms with Crippen molar-refractivity contribution in [3.05, 3.63) is 17.7 Å². The van der Waals surface area contributed by atoms with Gasteiger partial charge in [0.1, 0.15) is 65.5 Å². The molecule has 1 aromatic carbocycles. The van der Waals surface area contributed by atoms with E-state index in [0.717, 1.165) is 12.1 Å². The van der Waals surface area contributed by atoms with Gasteiger partial charge in [-0.3, -0.25) is 4.79 Å². The molecule has 10 atom stereocenters. The Bertz CT molecular complexity index is 885. The maximum Gasteiger partial charge on any atom is 0.229 e. The lowest BCUT2D eigenvalue weighted by Gasteiger charge is -2.42. The topological polar surface area (TPSA) is 216 Å². The van der Waals surface area contributed by atoms with Crippen LogP contribution in [-0.4, -0.2) is 115 Å². The van der Waals surface area contributed by atoms with Crippen molar-refractivity contribution < 1.29 is 64.6 Å². The van der Waals surface area contributed by atoms with Gasteiger partial charge in [-0.2, -0.15) is 0 Å². The number of phenols is 2. The van der Waals surface area contributed by atoms with Crippen molar-refractivity contribution in [2.45, 2.75) is 88.6 Å². The number of hydrogen-bond acceptors (Lipinski definition) is 13. The molecule has 13 nitrogen and oxygen atoms in total. The summed E-state index contributed by atoms with van der Waals surface area (Å²) in [6.45, 7) is 4.58. The molecule has 0 amide bonds. The predicted octanol–water partition coefficient (Wildman–Crippen LogP) is -1.64. The standard InChI is InChI=1S/C23H34O13/c1-8(2)4-11(24)15-12(25)5-10(6-13(15)26)35-23-21(32)19(30)17(28)14(36-23)7-33-22-20(31)18(29)16(27)9(3)34-22/h5-6,8-9,14,16-23,25-32H,4,7H2,1-3H3/t9-,14+,16-,17+,18+,19-,20+,21+,22+,23+/m0/s1. The third-order valence-corrected chi connectivity index (χ3v) is 6.10. The third-order valence-electron chi connectivity index (χ3n) is 6.10. The Kier molecular flexibility index (Phi) is 9.14. The highest BCUT2D eigenvalue weighted by Crippen LogP contribution is 2.36. The lowest BCUT2D eigenvalue weighted by molar-refractivity contribution is -0.318. The van der Waals surface area contributed by atoms with Gasteiger partial charge < -0.3 is 59.8 Å². The molecule has 2 fully saturated rings. The molecule has 2 aliphatic heterocycles. The molecule has 0 radical (unpaired) electrons. The highest BCUT2D eigenvalue weighted by atomic mass is 16.7. The first-order valence-corrected chi connectivity index (χ1v) is 11.6. The number of ether oxygens (including phenoxy) is 4. The molecule has 204 valence electrons. The fourth-order valence-electron chi connectivity index (χ4n) is 4.04. The predicted molar refractivity (Wildman–Crippen MR) is 119 cm³/mol. The molecule has 13 heteroatoms. The van der Waals surface area contributed by atoms with Crippen LogP contribution in [0, 0.1) is 5.92 Å². The van der Waals surface area contributed by atoms with Gasteiger partial charge in [0.2, 0.25) is 6.29 Å². The van der Waals surface area contributed by atoms with Gasteiger partial charge in [-0.15, -0.1) is 0 Å². The van der Waals surface area contributed by atoms with E-state index < -0.39 is 85.3 Å². The molecular weight excluding hydrogens is 484 g/mol. The van der Waals surface area contributed by atoms with Gasteiger partial charge in [-0.25, -0.2) is 0 Å². The number of carbonyl (C=O) groups is 1. The second-order valence-electron chi connectivity index (χ2n) is 9.50. The van der Waals surface area contributed by atoms with Crippen molar-refractivity contribution in [3.63, 3.8) is 0 Å². The van der Waals surface area contributed by atoms with Crippen LogP contribution in [0.25, 0.3) is 0 Å². The average molecular weight is 519 g/mol. The summed E-state index contributed by atoms with van der Waals surface area (Å²) in [5, 5.41) is 81.2. The van der Waals surface area contributed by atoms with Gasteiger partial charge in [0.15, 0.2) is 12.1 Å². The Morgan fingerprint density at radius 1 is 0.861 bits per heavy atom. The van der Waals surface area contributed by atoms with Crippen molar-refractivity contribution >= 4 is 5.78 Å². The maximum absolute atomic E-state index is 12.3. The van der Waals surface area contributed by atoms with Crippen molar-refractivity contribution in [2.24, 2.45) is 5.92 Å². The van der Waals surface area contributed by atoms with Crippen molar-refractivity contribution in [3.8, 4) is 17.2 Å². The van der Waals surface area contributed by atoms with E-state index in [1.165, 1.54) is 6.92 Å². The van der Waals surface area contributed by atoms with Crippen LogP contribution < -0.4 is 4.74 Å². The van der Waals surface area contributed by atoms with Gasteiger partial charge in [0, 0.05) is 18.6 Å². The van der Waals surface area contributed by atoms with Crippen LogP contribution in [0.5, 0.6) is 17.2 Å². The highest BCUT2D eigenvalue weighted by Gasteiger charge is 2.47. The largest absolute Gasteiger partial charge is 0.507 e. The van der Waals surface area contributed by atoms with E-state index in [-0.39, 0.29) is 23.7 Å². The molecule has 0 bridgehead atoms. The fraction of sp³-hybridized carbons (Fsp3) is 0.696. The second-order valence-corrected chi connectivity index (χ2v) is 9.50. The molecule has 3 rings (SSSR count). The highest BCUT2D eigenvalue weighted by molar-refractivity contribution is 6.01. The molecule has 0 aliphatic carbocycles. The Balaban J connectivity index is 1.70. The van der Waals surface area contributed by atoms with Crippen LogP contribution in [0.2, 0.25) is 0 Å². The summed E-state index contributed by atoms with van der Waals surface area (Å²) in [6.07, 6.45) is -14.7. The zero-order valence-corrected chi connectivity index (χ0v) is 20.0. The van der Waals surface area contributed by atoms with Crippen LogP contribution in [0.1, 0.15) is 37.6 Å². The first-order valence-electron chi connectivity index (χ1n) is 11.6. The first-order chi connectivity index (χ1) is 16.8. The monoisotopic (exact) mass is 518 g/mol. The summed E-state index contributed by atoms with van der Waals surface area (Å²) >= 11 is 0. The van der Waals surface area contributed by atoms with E-state index in [1.54, 1.807) is 13.8 Å². The lowest BCUT2D eigenvalue weighted by Crippen LogP contribution is -2.61. The minimum atomic E-state index is -1.75. The van der Waals surface area contributed by atoms with E-state index in [4.69, 9.17) is 18.9 Å². The molecule has 36 heavy (non-hydrogen) atoms. The average Bonchev–Trinajstić information content (AvgIpc) is 2.79. The summed E-state index contributed by atoms with van der Waals surface area (Å²) in [4.78, 5) is 12.3. The molecule has 0 unspecified atom stereocenters. The van der Waals surface area contributed by atoms with Crippen molar-refractivity contribution in [2.75, 3.05) is 6.61 Å². The molecule has 0 aromatic heterocycles. The second kappa shape index (κ2) is 11.5. The first kappa shape index (κ1) is 28.5. The van der Waals surface area contributed by atoms with E-state index in [9.17, 15) is 45.6 Å². The Morgan fingerprint density at radius 2 is 1.42 bits per heavy atom. The third kappa shape index (κ3) is 6.07.